The predicted octanol–water partition coefficient (Wildman–Crippen LogP) is 5.37. The van der Waals surface area contributed by atoms with Crippen LogP contribution in [0.15, 0.2) is 41.8 Å². The van der Waals surface area contributed by atoms with Gasteiger partial charge in [-0.2, -0.15) is 0 Å². The van der Waals surface area contributed by atoms with Crippen LogP contribution >= 0.6 is 11.3 Å². The van der Waals surface area contributed by atoms with Gasteiger partial charge in [-0.3, -0.25) is 14.5 Å². The van der Waals surface area contributed by atoms with E-state index < -0.39 is 5.54 Å². The molecule has 2 aliphatic rings. The molecular weight excluding hydrogens is 418 g/mol. The number of hydrogen-bond acceptors (Lipinski definition) is 3. The maximum absolute atomic E-state index is 13.9. The summed E-state index contributed by atoms with van der Waals surface area (Å²) >= 11 is 1.63. The van der Waals surface area contributed by atoms with E-state index in [9.17, 15) is 9.59 Å². The van der Waals surface area contributed by atoms with Crippen molar-refractivity contribution in [1.29, 1.82) is 0 Å². The summed E-state index contributed by atoms with van der Waals surface area (Å²) in [6, 6.07) is 12.0. The Morgan fingerprint density at radius 3 is 2.66 bits per heavy atom. The summed E-state index contributed by atoms with van der Waals surface area (Å²) < 4.78 is 3.11. The lowest BCUT2D eigenvalue weighted by molar-refractivity contribution is -0.128. The Labute approximate surface area is 193 Å². The first-order valence-electron chi connectivity index (χ1n) is 11.6. The molecule has 168 valence electrons. The van der Waals surface area contributed by atoms with Crippen LogP contribution in [0.1, 0.15) is 56.1 Å². The lowest BCUT2D eigenvalue weighted by Crippen LogP contribution is -2.66. The standard InChI is InChI=1S/C26H31N3O2S/c1-16-8-10-19(11-9-16)29-24(30)22-14-23-21(12-13-32-23)28(22)15-26(29,4)25(31)27-20-7-5-6-17(2)18(20)3/h8-14,17-18,20H,5-7,15H2,1-4H3,(H,27,31). The van der Waals surface area contributed by atoms with E-state index in [0.29, 0.717) is 24.1 Å². The maximum atomic E-state index is 13.9. The number of hydrogen-bond donors (Lipinski definition) is 1. The van der Waals surface area contributed by atoms with E-state index in [-0.39, 0.29) is 17.9 Å². The molecule has 3 aromatic rings. The first kappa shape index (κ1) is 21.3. The first-order valence-corrected chi connectivity index (χ1v) is 12.5. The highest BCUT2D eigenvalue weighted by Crippen LogP contribution is 2.38. The van der Waals surface area contributed by atoms with E-state index in [2.05, 4.69) is 19.2 Å². The Bertz CT molecular complexity index is 1180. The van der Waals surface area contributed by atoms with Gasteiger partial charge in [-0.15, -0.1) is 11.3 Å². The van der Waals surface area contributed by atoms with E-state index >= 15 is 0 Å². The third-order valence-electron chi connectivity index (χ3n) is 7.71. The van der Waals surface area contributed by atoms with Crippen LogP contribution in [0.4, 0.5) is 5.69 Å². The summed E-state index contributed by atoms with van der Waals surface area (Å²) in [5.74, 6) is 0.824. The van der Waals surface area contributed by atoms with E-state index in [1.54, 1.807) is 16.2 Å². The molecule has 0 bridgehead atoms. The van der Waals surface area contributed by atoms with Crippen molar-refractivity contribution in [1.82, 2.24) is 9.88 Å². The van der Waals surface area contributed by atoms with Crippen LogP contribution in [0, 0.1) is 18.8 Å². The van der Waals surface area contributed by atoms with Crippen molar-refractivity contribution in [3.05, 3.63) is 53.0 Å². The molecule has 1 fully saturated rings. The lowest BCUT2D eigenvalue weighted by Gasteiger charge is -2.45. The molecule has 2 amide bonds. The molecule has 0 radical (unpaired) electrons. The molecule has 3 heterocycles. The number of thiophene rings is 1. The van der Waals surface area contributed by atoms with Gasteiger partial charge in [0, 0.05) is 11.7 Å². The molecule has 2 aromatic heterocycles. The minimum absolute atomic E-state index is 0.0693. The van der Waals surface area contributed by atoms with Gasteiger partial charge in [-0.1, -0.05) is 44.4 Å². The highest BCUT2D eigenvalue weighted by molar-refractivity contribution is 7.17. The first-order chi connectivity index (χ1) is 15.3. The fourth-order valence-electron chi connectivity index (χ4n) is 5.42. The Kier molecular flexibility index (Phi) is 5.16. The quantitative estimate of drug-likeness (QED) is 0.584. The van der Waals surface area contributed by atoms with Crippen LogP contribution in [0.3, 0.4) is 0 Å². The van der Waals surface area contributed by atoms with Crippen molar-refractivity contribution in [3.63, 3.8) is 0 Å². The third-order valence-corrected chi connectivity index (χ3v) is 8.56. The van der Waals surface area contributed by atoms with E-state index in [1.165, 1.54) is 6.42 Å². The number of rotatable bonds is 3. The fraction of sp³-hybridized carbons (Fsp3) is 0.462. The molecule has 0 saturated heterocycles. The molecule has 5 nitrogen and oxygen atoms in total. The number of carbonyl (C=O) groups excluding carboxylic acids is 2. The van der Waals surface area contributed by atoms with E-state index in [0.717, 1.165) is 34.3 Å². The Hall–Kier alpha value is -2.60. The maximum Gasteiger partial charge on any atom is 0.275 e. The second-order valence-corrected chi connectivity index (χ2v) is 10.8. The molecule has 4 unspecified atom stereocenters. The topological polar surface area (TPSA) is 54.3 Å². The van der Waals surface area contributed by atoms with Crippen LogP contribution in [0.2, 0.25) is 0 Å². The van der Waals surface area contributed by atoms with E-state index in [1.807, 2.05) is 60.2 Å². The fourth-order valence-corrected chi connectivity index (χ4v) is 6.24. The van der Waals surface area contributed by atoms with Gasteiger partial charge in [0.15, 0.2) is 0 Å². The predicted molar refractivity (Wildman–Crippen MR) is 130 cm³/mol. The number of nitrogens with one attached hydrogen (secondary N) is 1. The van der Waals surface area contributed by atoms with Gasteiger partial charge in [-0.25, -0.2) is 0 Å². The number of anilines is 1. The second-order valence-electron chi connectivity index (χ2n) is 9.88. The molecule has 4 atom stereocenters. The largest absolute Gasteiger partial charge is 0.351 e. The van der Waals surface area contributed by atoms with Crippen molar-refractivity contribution in [3.8, 4) is 0 Å². The Balaban J connectivity index is 1.57. The summed E-state index contributed by atoms with van der Waals surface area (Å²) in [6.45, 7) is 8.88. The zero-order valence-corrected chi connectivity index (χ0v) is 20.0. The summed E-state index contributed by atoms with van der Waals surface area (Å²) in [6.07, 6.45) is 3.34. The Morgan fingerprint density at radius 1 is 1.16 bits per heavy atom. The van der Waals surface area contributed by atoms with Crippen LogP contribution in [0.25, 0.3) is 10.2 Å². The average molecular weight is 450 g/mol. The molecular formula is C26H31N3O2S. The highest BCUT2D eigenvalue weighted by atomic mass is 32.1. The summed E-state index contributed by atoms with van der Waals surface area (Å²) in [4.78, 5) is 29.5. The van der Waals surface area contributed by atoms with Gasteiger partial charge in [0.25, 0.3) is 5.91 Å². The van der Waals surface area contributed by atoms with Crippen molar-refractivity contribution < 1.29 is 9.59 Å². The number of aryl methyl sites for hydroxylation is 1. The SMILES string of the molecule is Cc1ccc(N2C(=O)c3cc4sccc4n3CC2(C)C(=O)NC2CCCC(C)C2C)cc1. The second kappa shape index (κ2) is 7.77. The van der Waals surface area contributed by atoms with Crippen LogP contribution in [0.5, 0.6) is 0 Å². The van der Waals surface area contributed by atoms with Crippen molar-refractivity contribution in [2.75, 3.05) is 4.90 Å². The lowest BCUT2D eigenvalue weighted by atomic mass is 9.77. The normalized spacial score (nSPS) is 28.1. The zero-order valence-electron chi connectivity index (χ0n) is 19.2. The van der Waals surface area contributed by atoms with Gasteiger partial charge in [-0.05, 0) is 61.7 Å². The summed E-state index contributed by atoms with van der Waals surface area (Å²) in [5, 5.41) is 5.40. The molecule has 5 rings (SSSR count). The molecule has 6 heteroatoms. The number of nitrogens with zero attached hydrogens (tertiary/aromatic N) is 2. The number of benzene rings is 1. The molecule has 1 N–H and O–H groups in total. The van der Waals surface area contributed by atoms with Gasteiger partial charge >= 0.3 is 0 Å². The highest BCUT2D eigenvalue weighted by Gasteiger charge is 2.49. The van der Waals surface area contributed by atoms with Crippen molar-refractivity contribution in [2.45, 2.75) is 65.1 Å². The van der Waals surface area contributed by atoms with Gasteiger partial charge < -0.3 is 9.88 Å². The smallest absolute Gasteiger partial charge is 0.275 e. The summed E-state index contributed by atoms with van der Waals surface area (Å²) in [5.41, 5.74) is 2.54. The van der Waals surface area contributed by atoms with Crippen LogP contribution in [-0.4, -0.2) is 28.0 Å². The van der Waals surface area contributed by atoms with Crippen LogP contribution < -0.4 is 10.2 Å². The Morgan fingerprint density at radius 2 is 1.91 bits per heavy atom. The van der Waals surface area contributed by atoms with Gasteiger partial charge in [0.2, 0.25) is 5.91 Å². The third kappa shape index (κ3) is 3.27. The zero-order chi connectivity index (χ0) is 22.6. The van der Waals surface area contributed by atoms with E-state index in [4.69, 9.17) is 0 Å². The summed E-state index contributed by atoms with van der Waals surface area (Å²) in [7, 11) is 0. The number of carbonyl (C=O) groups is 2. The van der Waals surface area contributed by atoms with Crippen molar-refractivity contribution in [2.24, 2.45) is 11.8 Å². The minimum atomic E-state index is -1.02. The number of amides is 2. The average Bonchev–Trinajstić information content (AvgIpc) is 3.35. The monoisotopic (exact) mass is 449 g/mol. The molecule has 1 aromatic carbocycles. The molecule has 0 spiro atoms. The van der Waals surface area contributed by atoms with Gasteiger partial charge in [0.1, 0.15) is 11.2 Å². The molecule has 1 aliphatic heterocycles. The van der Waals surface area contributed by atoms with Gasteiger partial charge in [0.05, 0.1) is 16.8 Å². The van der Waals surface area contributed by atoms with Crippen LogP contribution in [-0.2, 0) is 11.3 Å². The number of fused-ring (bicyclic) bond motifs is 3. The number of aromatic nitrogens is 1. The minimum Gasteiger partial charge on any atom is -0.351 e. The molecule has 1 aliphatic carbocycles. The molecule has 32 heavy (non-hydrogen) atoms. The van der Waals surface area contributed by atoms with Crippen molar-refractivity contribution >= 4 is 39.1 Å². The molecule has 1 saturated carbocycles.